The molecule has 0 saturated heterocycles. The fourth-order valence-corrected chi connectivity index (χ4v) is 1.06. The normalized spacial score (nSPS) is 12.3. The second-order valence-corrected chi connectivity index (χ2v) is 3.34. The van der Waals surface area contributed by atoms with Gasteiger partial charge >= 0.3 is 0 Å². The molecule has 0 spiro atoms. The highest BCUT2D eigenvalue weighted by Gasteiger charge is 2.17. The van der Waals surface area contributed by atoms with Crippen LogP contribution in [0.5, 0.6) is 0 Å². The number of nitrogens with zero attached hydrogens (tertiary/aromatic N) is 2. The number of likely N-dealkylation sites (N-methyl/N-ethyl adjacent to an activating group) is 1. The van der Waals surface area contributed by atoms with Crippen molar-refractivity contribution in [2.45, 2.75) is 13.0 Å². The molecule has 0 bridgehead atoms. The van der Waals surface area contributed by atoms with E-state index in [0.29, 0.717) is 0 Å². The third-order valence-corrected chi connectivity index (χ3v) is 2.20. The van der Waals surface area contributed by atoms with E-state index < -0.39 is 5.82 Å². The molecule has 0 fully saturated rings. The van der Waals surface area contributed by atoms with Crippen LogP contribution in [0.25, 0.3) is 0 Å². The highest BCUT2D eigenvalue weighted by atomic mass is 19.1. The number of aromatic nitrogens is 1. The van der Waals surface area contributed by atoms with Gasteiger partial charge in [-0.05, 0) is 13.0 Å². The van der Waals surface area contributed by atoms with Gasteiger partial charge in [0.05, 0.1) is 24.4 Å². The molecule has 0 radical (unpaired) electrons. The molecule has 0 aliphatic carbocycles. The Bertz CT molecular complexity index is 357. The lowest BCUT2D eigenvalue weighted by molar-refractivity contribution is 0.0681. The molecule has 1 rings (SSSR count). The van der Waals surface area contributed by atoms with Gasteiger partial charge in [-0.15, -0.1) is 0 Å². The summed E-state index contributed by atoms with van der Waals surface area (Å²) in [6.45, 7) is 1.57. The molecule has 0 aliphatic rings. The lowest BCUT2D eigenvalue weighted by Crippen LogP contribution is -2.37. The number of pyridine rings is 1. The van der Waals surface area contributed by atoms with Crippen molar-refractivity contribution >= 4 is 5.91 Å². The second-order valence-electron chi connectivity index (χ2n) is 3.34. The Balaban J connectivity index is 2.85. The molecule has 1 unspecified atom stereocenters. The molecule has 0 saturated carbocycles. The van der Waals surface area contributed by atoms with Crippen molar-refractivity contribution in [1.82, 2.24) is 9.88 Å². The minimum atomic E-state index is -0.550. The Labute approximate surface area is 87.4 Å². The first-order chi connectivity index (χ1) is 7.06. The Kier molecular flexibility index (Phi) is 3.74. The summed E-state index contributed by atoms with van der Waals surface area (Å²) in [6.07, 6.45) is 2.33. The summed E-state index contributed by atoms with van der Waals surface area (Å²) in [5, 5.41) is 8.87. The zero-order chi connectivity index (χ0) is 11.4. The molecule has 0 aromatic carbocycles. The number of rotatable bonds is 3. The predicted octanol–water partition coefficient (Wildman–Crippen LogP) is 0.673. The quantitative estimate of drug-likeness (QED) is 0.801. The van der Waals surface area contributed by atoms with Crippen molar-refractivity contribution in [2.75, 3.05) is 13.7 Å². The van der Waals surface area contributed by atoms with Gasteiger partial charge in [0.15, 0.2) is 0 Å². The van der Waals surface area contributed by atoms with E-state index in [9.17, 15) is 9.18 Å². The van der Waals surface area contributed by atoms with Crippen LogP contribution in [0.2, 0.25) is 0 Å². The molecule has 1 aromatic heterocycles. The van der Waals surface area contributed by atoms with E-state index in [1.807, 2.05) is 0 Å². The number of aliphatic hydroxyl groups is 1. The van der Waals surface area contributed by atoms with E-state index in [0.717, 1.165) is 12.3 Å². The predicted molar refractivity (Wildman–Crippen MR) is 52.8 cm³/mol. The van der Waals surface area contributed by atoms with Crippen LogP contribution in [0.1, 0.15) is 17.3 Å². The zero-order valence-corrected chi connectivity index (χ0v) is 8.64. The molecule has 5 heteroatoms. The van der Waals surface area contributed by atoms with E-state index in [1.54, 1.807) is 14.0 Å². The molecule has 82 valence electrons. The molecule has 0 aliphatic heterocycles. The molecule has 4 nitrogen and oxygen atoms in total. The number of hydrogen-bond donors (Lipinski definition) is 1. The average molecular weight is 212 g/mol. The minimum Gasteiger partial charge on any atom is -0.394 e. The highest BCUT2D eigenvalue weighted by molar-refractivity contribution is 5.93. The van der Waals surface area contributed by atoms with Gasteiger partial charge < -0.3 is 10.0 Å². The van der Waals surface area contributed by atoms with Crippen molar-refractivity contribution in [3.63, 3.8) is 0 Å². The number of halogens is 1. The summed E-state index contributed by atoms with van der Waals surface area (Å²) < 4.78 is 12.8. The first-order valence-electron chi connectivity index (χ1n) is 4.55. The molecule has 1 aromatic rings. The summed E-state index contributed by atoms with van der Waals surface area (Å²) in [6, 6.07) is 0.816. The number of aliphatic hydroxyl groups excluding tert-OH is 1. The lowest BCUT2D eigenvalue weighted by Gasteiger charge is -2.22. The number of carbonyl (C=O) groups is 1. The minimum absolute atomic E-state index is 0.134. The van der Waals surface area contributed by atoms with Crippen molar-refractivity contribution in [1.29, 1.82) is 0 Å². The van der Waals surface area contributed by atoms with Crippen molar-refractivity contribution < 1.29 is 14.3 Å². The maximum atomic E-state index is 12.8. The van der Waals surface area contributed by atoms with E-state index in [-0.39, 0.29) is 24.1 Å². The summed E-state index contributed by atoms with van der Waals surface area (Å²) in [7, 11) is 1.55. The van der Waals surface area contributed by atoms with Crippen molar-refractivity contribution in [3.8, 4) is 0 Å². The Hall–Kier alpha value is -1.49. The molecular formula is C10H13FN2O2. The van der Waals surface area contributed by atoms with Crippen LogP contribution < -0.4 is 0 Å². The van der Waals surface area contributed by atoms with Gasteiger partial charge in [-0.3, -0.25) is 9.78 Å². The second kappa shape index (κ2) is 4.84. The van der Waals surface area contributed by atoms with Crippen molar-refractivity contribution in [3.05, 3.63) is 29.8 Å². The van der Waals surface area contributed by atoms with Crippen LogP contribution in [-0.2, 0) is 0 Å². The standard InChI is InChI=1S/C10H13FN2O2/c1-7(6-14)13(2)10(15)8-3-9(11)5-12-4-8/h3-5,7,14H,6H2,1-2H3. The Morgan fingerprint density at radius 2 is 2.33 bits per heavy atom. The van der Waals surface area contributed by atoms with Crippen molar-refractivity contribution in [2.24, 2.45) is 0 Å². The van der Waals surface area contributed by atoms with Gasteiger partial charge in [-0.2, -0.15) is 0 Å². The van der Waals surface area contributed by atoms with E-state index in [4.69, 9.17) is 5.11 Å². The van der Waals surface area contributed by atoms with Gasteiger partial charge in [0, 0.05) is 13.2 Å². The molecule has 1 heterocycles. The largest absolute Gasteiger partial charge is 0.394 e. The van der Waals surface area contributed by atoms with Gasteiger partial charge in [0.25, 0.3) is 5.91 Å². The number of carbonyl (C=O) groups excluding carboxylic acids is 1. The van der Waals surface area contributed by atoms with Crippen LogP contribution in [0.4, 0.5) is 4.39 Å². The molecular weight excluding hydrogens is 199 g/mol. The van der Waals surface area contributed by atoms with Gasteiger partial charge in [-0.25, -0.2) is 4.39 Å². The van der Waals surface area contributed by atoms with Gasteiger partial charge in [0.1, 0.15) is 5.82 Å². The van der Waals surface area contributed by atoms with Crippen LogP contribution >= 0.6 is 0 Å². The Morgan fingerprint density at radius 1 is 1.67 bits per heavy atom. The summed E-state index contributed by atoms with van der Waals surface area (Å²) in [4.78, 5) is 16.6. The van der Waals surface area contributed by atoms with E-state index in [1.165, 1.54) is 11.1 Å². The molecule has 15 heavy (non-hydrogen) atoms. The lowest BCUT2D eigenvalue weighted by atomic mass is 10.2. The third kappa shape index (κ3) is 2.73. The topological polar surface area (TPSA) is 53.4 Å². The highest BCUT2D eigenvalue weighted by Crippen LogP contribution is 2.06. The molecule has 1 atom stereocenters. The molecule has 1 amide bonds. The first-order valence-corrected chi connectivity index (χ1v) is 4.55. The van der Waals surface area contributed by atoms with Gasteiger partial charge in [-0.1, -0.05) is 0 Å². The fourth-order valence-electron chi connectivity index (χ4n) is 1.06. The van der Waals surface area contributed by atoms with Crippen LogP contribution in [0.3, 0.4) is 0 Å². The first kappa shape index (κ1) is 11.6. The van der Waals surface area contributed by atoms with Crippen LogP contribution in [0.15, 0.2) is 18.5 Å². The SMILES string of the molecule is CC(CO)N(C)C(=O)c1cncc(F)c1. The summed E-state index contributed by atoms with van der Waals surface area (Å²) >= 11 is 0. The maximum absolute atomic E-state index is 12.8. The van der Waals surface area contributed by atoms with Crippen LogP contribution in [-0.4, -0.2) is 40.6 Å². The fraction of sp³-hybridized carbons (Fsp3) is 0.400. The van der Waals surface area contributed by atoms with Crippen LogP contribution in [0, 0.1) is 5.82 Å². The Morgan fingerprint density at radius 3 is 2.87 bits per heavy atom. The van der Waals surface area contributed by atoms with Gasteiger partial charge in [0.2, 0.25) is 0 Å². The summed E-state index contributed by atoms with van der Waals surface area (Å²) in [5.41, 5.74) is 0.179. The van der Waals surface area contributed by atoms with E-state index in [2.05, 4.69) is 4.98 Å². The number of amides is 1. The molecule has 1 N–H and O–H groups in total. The monoisotopic (exact) mass is 212 g/mol. The average Bonchev–Trinajstić information content (AvgIpc) is 2.26. The smallest absolute Gasteiger partial charge is 0.255 e. The zero-order valence-electron chi connectivity index (χ0n) is 8.64. The third-order valence-electron chi connectivity index (χ3n) is 2.20. The summed E-state index contributed by atoms with van der Waals surface area (Å²) in [5.74, 6) is -0.908. The number of hydrogen-bond acceptors (Lipinski definition) is 3. The maximum Gasteiger partial charge on any atom is 0.255 e. The van der Waals surface area contributed by atoms with E-state index >= 15 is 0 Å².